The molecule has 4 aliphatic rings. The molecule has 0 amide bonds. The minimum Gasteiger partial charge on any atom is -0.459 e. The first-order valence-corrected chi connectivity index (χ1v) is 11.6. The molecule has 0 saturated carbocycles. The third-order valence-electron chi connectivity index (χ3n) is 7.88. The van der Waals surface area contributed by atoms with Crippen LogP contribution in [0.15, 0.2) is 24.3 Å². The second kappa shape index (κ2) is 7.82. The monoisotopic (exact) mass is 482 g/mol. The quantitative estimate of drug-likeness (QED) is 0.277. The maximum absolute atomic E-state index is 12.9. The van der Waals surface area contributed by atoms with E-state index >= 15 is 0 Å². The minimum absolute atomic E-state index is 0.135. The normalized spacial score (nSPS) is 48.6. The highest BCUT2D eigenvalue weighted by molar-refractivity contribution is 6.23. The van der Waals surface area contributed by atoms with E-state index in [9.17, 15) is 19.5 Å². The van der Waals surface area contributed by atoms with E-state index in [2.05, 4.69) is 6.58 Å². The molecule has 0 unspecified atom stereocenters. The Morgan fingerprint density at radius 1 is 1.24 bits per heavy atom. The Bertz CT molecular complexity index is 931. The number of hydrogen-bond acceptors (Lipinski definition) is 8. The lowest BCUT2D eigenvalue weighted by Crippen LogP contribution is -2.76. The van der Waals surface area contributed by atoms with Crippen LogP contribution in [0.25, 0.3) is 0 Å². The minimum atomic E-state index is -1.51. The zero-order valence-electron chi connectivity index (χ0n) is 19.5. The first-order valence-electron chi connectivity index (χ1n) is 11.2. The lowest BCUT2D eigenvalue weighted by atomic mass is 9.52. The number of rotatable bonds is 2. The Kier molecular flexibility index (Phi) is 5.74. The lowest BCUT2D eigenvalue weighted by Gasteiger charge is -2.63. The van der Waals surface area contributed by atoms with Crippen molar-refractivity contribution in [2.45, 2.75) is 88.5 Å². The highest BCUT2D eigenvalue weighted by Gasteiger charge is 2.76. The summed E-state index contributed by atoms with van der Waals surface area (Å²) >= 11 is 6.74. The summed E-state index contributed by atoms with van der Waals surface area (Å²) in [6.07, 6.45) is 0.371. The molecule has 3 fully saturated rings. The van der Waals surface area contributed by atoms with Gasteiger partial charge in [0.1, 0.15) is 11.7 Å². The van der Waals surface area contributed by atoms with E-state index in [1.165, 1.54) is 13.8 Å². The van der Waals surface area contributed by atoms with Crippen LogP contribution in [-0.2, 0) is 33.3 Å². The Hall–Kier alpha value is -1.90. The fraction of sp³-hybridized carbons (Fsp3) is 0.708. The number of esters is 3. The molecular weight excluding hydrogens is 452 g/mol. The van der Waals surface area contributed by atoms with E-state index in [0.717, 1.165) is 0 Å². The number of aliphatic hydroxyl groups is 1. The van der Waals surface area contributed by atoms with Gasteiger partial charge in [0.15, 0.2) is 11.7 Å². The number of carbonyl (C=O) groups is 3. The Balaban J connectivity index is 2.02. The highest BCUT2D eigenvalue weighted by atomic mass is 35.5. The molecule has 3 aliphatic heterocycles. The van der Waals surface area contributed by atoms with Crippen molar-refractivity contribution < 1.29 is 38.4 Å². The van der Waals surface area contributed by atoms with Gasteiger partial charge in [-0.2, -0.15) is 0 Å². The molecule has 9 heteroatoms. The first-order chi connectivity index (χ1) is 15.3. The summed E-state index contributed by atoms with van der Waals surface area (Å²) in [4.78, 5) is 37.5. The maximum atomic E-state index is 12.9. The van der Waals surface area contributed by atoms with Crippen molar-refractivity contribution in [1.29, 1.82) is 0 Å². The van der Waals surface area contributed by atoms with Crippen LogP contribution in [0.5, 0.6) is 0 Å². The lowest BCUT2D eigenvalue weighted by molar-refractivity contribution is -0.322. The van der Waals surface area contributed by atoms with Crippen LogP contribution >= 0.6 is 11.6 Å². The molecular formula is C24H31ClO8. The van der Waals surface area contributed by atoms with Crippen molar-refractivity contribution in [3.63, 3.8) is 0 Å². The molecule has 182 valence electrons. The Labute approximate surface area is 198 Å². The molecule has 2 bridgehead atoms. The van der Waals surface area contributed by atoms with E-state index in [-0.39, 0.29) is 6.42 Å². The molecule has 1 N–H and O–H groups in total. The van der Waals surface area contributed by atoms with Crippen LogP contribution < -0.4 is 0 Å². The van der Waals surface area contributed by atoms with Crippen molar-refractivity contribution in [3.05, 3.63) is 24.3 Å². The average Bonchev–Trinajstić information content (AvgIpc) is 2.93. The van der Waals surface area contributed by atoms with Crippen molar-refractivity contribution in [2.75, 3.05) is 0 Å². The first kappa shape index (κ1) is 24.2. The number of halogens is 1. The summed E-state index contributed by atoms with van der Waals surface area (Å²) < 4.78 is 24.2. The zero-order chi connectivity index (χ0) is 24.5. The molecule has 3 heterocycles. The van der Waals surface area contributed by atoms with Crippen molar-refractivity contribution >= 4 is 29.5 Å². The Morgan fingerprint density at radius 3 is 2.52 bits per heavy atom. The maximum Gasteiger partial charge on any atom is 0.312 e. The third kappa shape index (κ3) is 3.36. The molecule has 0 aromatic rings. The molecule has 1 aliphatic carbocycles. The predicted octanol–water partition coefficient (Wildman–Crippen LogP) is 2.45. The molecule has 0 radical (unpaired) electrons. The molecule has 1 spiro atoms. The van der Waals surface area contributed by atoms with E-state index in [4.69, 9.17) is 30.5 Å². The van der Waals surface area contributed by atoms with Crippen molar-refractivity contribution in [2.24, 2.45) is 17.3 Å². The van der Waals surface area contributed by atoms with E-state index in [0.29, 0.717) is 12.0 Å². The average molecular weight is 483 g/mol. The van der Waals surface area contributed by atoms with Crippen LogP contribution in [-0.4, -0.2) is 64.0 Å². The van der Waals surface area contributed by atoms with Gasteiger partial charge in [0.05, 0.1) is 29.4 Å². The fourth-order valence-corrected chi connectivity index (χ4v) is 6.95. The molecule has 0 aromatic carbocycles. The van der Waals surface area contributed by atoms with Crippen LogP contribution in [0.4, 0.5) is 0 Å². The van der Waals surface area contributed by atoms with Gasteiger partial charge in [-0.3, -0.25) is 14.4 Å². The molecule has 8 nitrogen and oxygen atoms in total. The third-order valence-corrected chi connectivity index (χ3v) is 8.42. The van der Waals surface area contributed by atoms with Gasteiger partial charge in [0, 0.05) is 25.7 Å². The molecule has 3 saturated heterocycles. The van der Waals surface area contributed by atoms with E-state index in [1.54, 1.807) is 13.8 Å². The second-order valence-corrected chi connectivity index (χ2v) is 10.7. The topological polar surface area (TPSA) is 108 Å². The number of carbonyl (C=O) groups excluding carboxylic acids is 3. The fourth-order valence-electron chi connectivity index (χ4n) is 6.61. The van der Waals surface area contributed by atoms with Gasteiger partial charge in [-0.1, -0.05) is 31.2 Å². The molecule has 33 heavy (non-hydrogen) atoms. The second-order valence-electron chi connectivity index (χ2n) is 10.2. The van der Waals surface area contributed by atoms with Gasteiger partial charge in [-0.15, -0.1) is 11.6 Å². The van der Waals surface area contributed by atoms with Crippen molar-refractivity contribution in [1.82, 2.24) is 0 Å². The van der Waals surface area contributed by atoms with Crippen molar-refractivity contribution in [3.8, 4) is 0 Å². The number of hydrogen-bond donors (Lipinski definition) is 1. The predicted molar refractivity (Wildman–Crippen MR) is 117 cm³/mol. The van der Waals surface area contributed by atoms with Crippen LogP contribution in [0.1, 0.15) is 47.5 Å². The summed E-state index contributed by atoms with van der Waals surface area (Å²) in [6.45, 7) is 11.9. The largest absolute Gasteiger partial charge is 0.459 e. The SMILES string of the molecule is C=C1C[C@@H](O)[C@H]2O[C@@]3([C@@H](C)C(=O)O[C@H]3[C@H]1Cl)[C@@H](OC(C)=O)[C@@H]1[C@]2(C)C=CC[C@@]1(C)OC(C)=O. The molecule has 4 rings (SSSR count). The summed E-state index contributed by atoms with van der Waals surface area (Å²) in [7, 11) is 0. The van der Waals surface area contributed by atoms with E-state index in [1.807, 2.05) is 19.1 Å². The number of aliphatic hydroxyl groups excluding tert-OH is 1. The van der Waals surface area contributed by atoms with E-state index < -0.39 is 76.2 Å². The Morgan fingerprint density at radius 2 is 1.91 bits per heavy atom. The standard InChI is InChI=1S/C24H31ClO8/c1-11-10-15(28)18-22(5)8-7-9-23(6,32-14(4)27)17(22)20(30-13(3)26)24(33-18)12(2)21(29)31-19(24)16(11)25/h7-8,12,15-20,28H,1,9-10H2,2-6H3/t12-,15+,16-,17+,18+,19-,20-,22-,23+,24+/m0/s1. The highest BCUT2D eigenvalue weighted by Crippen LogP contribution is 2.62. The van der Waals surface area contributed by atoms with Gasteiger partial charge in [-0.05, 0) is 20.3 Å². The van der Waals surface area contributed by atoms with Gasteiger partial charge in [0.2, 0.25) is 0 Å². The smallest absolute Gasteiger partial charge is 0.312 e. The summed E-state index contributed by atoms with van der Waals surface area (Å²) in [6, 6.07) is 0. The van der Waals surface area contributed by atoms with Crippen LogP contribution in [0, 0.1) is 17.3 Å². The van der Waals surface area contributed by atoms with Gasteiger partial charge < -0.3 is 24.1 Å². The molecule has 10 atom stereocenters. The number of alkyl halides is 1. The number of fused-ring (bicyclic) bond motifs is 3. The number of ether oxygens (including phenoxy) is 4. The van der Waals surface area contributed by atoms with Crippen LogP contribution in [0.2, 0.25) is 0 Å². The summed E-state index contributed by atoms with van der Waals surface area (Å²) in [5.74, 6) is -3.16. The summed E-state index contributed by atoms with van der Waals surface area (Å²) in [5, 5.41) is 10.4. The van der Waals surface area contributed by atoms with Gasteiger partial charge >= 0.3 is 17.9 Å². The van der Waals surface area contributed by atoms with Gasteiger partial charge in [-0.25, -0.2) is 0 Å². The summed E-state index contributed by atoms with van der Waals surface area (Å²) in [5.41, 5.74) is -3.04. The zero-order valence-corrected chi connectivity index (χ0v) is 20.3. The van der Waals surface area contributed by atoms with Gasteiger partial charge in [0.25, 0.3) is 0 Å². The molecule has 0 aromatic heterocycles. The van der Waals surface area contributed by atoms with Crippen LogP contribution in [0.3, 0.4) is 0 Å².